The van der Waals surface area contributed by atoms with Crippen LogP contribution in [0.5, 0.6) is 5.75 Å². The predicted molar refractivity (Wildman–Crippen MR) is 120 cm³/mol. The van der Waals surface area contributed by atoms with Crippen LogP contribution in [0, 0.1) is 5.82 Å². The molecule has 0 fully saturated rings. The lowest BCUT2D eigenvalue weighted by molar-refractivity contribution is 0.340. The van der Waals surface area contributed by atoms with Gasteiger partial charge >= 0.3 is 0 Å². The average Bonchev–Trinajstić information content (AvgIpc) is 3.46. The van der Waals surface area contributed by atoms with E-state index < -0.39 is 5.82 Å². The molecular weight excluding hydrogens is 449 g/mol. The third kappa shape index (κ3) is 4.10. The fourth-order valence-corrected chi connectivity index (χ4v) is 3.58. The maximum absolute atomic E-state index is 13.4. The third-order valence-corrected chi connectivity index (χ3v) is 5.31. The summed E-state index contributed by atoms with van der Waals surface area (Å²) < 4.78 is 27.1. The van der Waals surface area contributed by atoms with E-state index >= 15 is 0 Å². The molecule has 0 aliphatic heterocycles. The minimum Gasteiger partial charge on any atom is -0.494 e. The summed E-state index contributed by atoms with van der Waals surface area (Å²) in [5.74, 6) is 0.718. The molecule has 10 heteroatoms. The Kier molecular flexibility index (Phi) is 5.39. The molecule has 0 radical (unpaired) electrons. The van der Waals surface area contributed by atoms with E-state index in [-0.39, 0.29) is 28.8 Å². The van der Waals surface area contributed by atoms with Crippen LogP contribution >= 0.6 is 11.6 Å². The van der Waals surface area contributed by atoms with Gasteiger partial charge in [-0.2, -0.15) is 10.1 Å². The maximum Gasteiger partial charge on any atom is 0.277 e. The van der Waals surface area contributed by atoms with Crippen molar-refractivity contribution in [2.75, 3.05) is 6.61 Å². The first-order valence-corrected chi connectivity index (χ1v) is 10.5. The number of hydrogen-bond donors (Lipinski definition) is 0. The van der Waals surface area contributed by atoms with Crippen molar-refractivity contribution >= 4 is 17.1 Å². The van der Waals surface area contributed by atoms with Gasteiger partial charge in [0.1, 0.15) is 23.6 Å². The van der Waals surface area contributed by atoms with Crippen LogP contribution in [0.25, 0.3) is 28.2 Å². The molecule has 0 spiro atoms. The first-order chi connectivity index (χ1) is 16.0. The molecule has 0 atom stereocenters. The number of aromatic nitrogens is 5. The molecule has 0 unspecified atom stereocenters. The first kappa shape index (κ1) is 20.9. The van der Waals surface area contributed by atoms with Crippen molar-refractivity contribution < 1.29 is 13.7 Å². The number of fused-ring (bicyclic) bond motifs is 1. The maximum atomic E-state index is 13.4. The third-order valence-electron chi connectivity index (χ3n) is 5.02. The van der Waals surface area contributed by atoms with E-state index in [9.17, 15) is 9.18 Å². The minimum absolute atomic E-state index is 0.0374. The van der Waals surface area contributed by atoms with E-state index in [1.807, 2.05) is 31.2 Å². The van der Waals surface area contributed by atoms with Gasteiger partial charge in [-0.25, -0.2) is 8.91 Å². The number of nitrogens with zero attached hydrogens (tertiary/aromatic N) is 5. The van der Waals surface area contributed by atoms with E-state index in [1.165, 1.54) is 27.3 Å². The van der Waals surface area contributed by atoms with Crippen LogP contribution in [0.4, 0.5) is 4.39 Å². The Hall–Kier alpha value is -3.98. The topological polar surface area (TPSA) is 87.5 Å². The van der Waals surface area contributed by atoms with E-state index in [0.717, 1.165) is 11.3 Å². The zero-order valence-electron chi connectivity index (χ0n) is 17.4. The molecule has 166 valence electrons. The summed E-state index contributed by atoms with van der Waals surface area (Å²) in [4.78, 5) is 17.3. The summed E-state index contributed by atoms with van der Waals surface area (Å²) in [5.41, 5.74) is 2.20. The molecule has 0 saturated heterocycles. The lowest BCUT2D eigenvalue weighted by atomic mass is 10.1. The Labute approximate surface area is 191 Å². The molecule has 0 aliphatic carbocycles. The van der Waals surface area contributed by atoms with Gasteiger partial charge in [-0.15, -0.1) is 0 Å². The van der Waals surface area contributed by atoms with E-state index in [2.05, 4.69) is 15.2 Å². The molecule has 0 aliphatic rings. The summed E-state index contributed by atoms with van der Waals surface area (Å²) in [6.45, 7) is 2.59. The van der Waals surface area contributed by atoms with Gasteiger partial charge in [0.25, 0.3) is 5.56 Å². The lowest BCUT2D eigenvalue weighted by Gasteiger charge is -2.02. The van der Waals surface area contributed by atoms with Crippen LogP contribution in [0.2, 0.25) is 5.02 Å². The molecule has 5 rings (SSSR count). The zero-order chi connectivity index (χ0) is 22.9. The Morgan fingerprint density at radius 1 is 1.09 bits per heavy atom. The number of benzene rings is 2. The Bertz CT molecular complexity index is 1510. The van der Waals surface area contributed by atoms with Crippen molar-refractivity contribution in [3.63, 3.8) is 0 Å². The van der Waals surface area contributed by atoms with Gasteiger partial charge in [0, 0.05) is 23.5 Å². The molecule has 8 nitrogen and oxygen atoms in total. The van der Waals surface area contributed by atoms with Gasteiger partial charge in [-0.3, -0.25) is 4.79 Å². The van der Waals surface area contributed by atoms with Crippen molar-refractivity contribution in [3.05, 3.63) is 88.0 Å². The van der Waals surface area contributed by atoms with E-state index in [4.69, 9.17) is 20.9 Å². The van der Waals surface area contributed by atoms with Gasteiger partial charge < -0.3 is 13.8 Å². The van der Waals surface area contributed by atoms with Gasteiger partial charge in [0.2, 0.25) is 11.7 Å². The van der Waals surface area contributed by atoms with Crippen LogP contribution in [0.1, 0.15) is 12.8 Å². The fourth-order valence-electron chi connectivity index (χ4n) is 3.40. The van der Waals surface area contributed by atoms with Crippen LogP contribution in [0.15, 0.2) is 70.2 Å². The first-order valence-electron chi connectivity index (χ1n) is 10.1. The number of hydrogen-bond acceptors (Lipinski definition) is 6. The summed E-state index contributed by atoms with van der Waals surface area (Å²) >= 11 is 5.82. The molecule has 33 heavy (non-hydrogen) atoms. The lowest BCUT2D eigenvalue weighted by Crippen LogP contribution is -2.21. The van der Waals surface area contributed by atoms with Gasteiger partial charge in [-0.05, 0) is 55.5 Å². The second kappa shape index (κ2) is 8.51. The highest BCUT2D eigenvalue weighted by Gasteiger charge is 2.14. The van der Waals surface area contributed by atoms with Crippen LogP contribution in [-0.2, 0) is 6.54 Å². The average molecular weight is 466 g/mol. The van der Waals surface area contributed by atoms with E-state index in [0.29, 0.717) is 23.4 Å². The molecule has 0 N–H and O–H groups in total. The number of halogens is 2. The molecule has 0 saturated carbocycles. The molecular formula is C23H17ClFN5O3. The van der Waals surface area contributed by atoms with Crippen molar-refractivity contribution in [1.82, 2.24) is 24.3 Å². The van der Waals surface area contributed by atoms with Crippen LogP contribution in [0.3, 0.4) is 0 Å². The molecule has 5 aromatic rings. The van der Waals surface area contributed by atoms with Crippen molar-refractivity contribution in [3.8, 4) is 28.4 Å². The highest BCUT2D eigenvalue weighted by molar-refractivity contribution is 6.31. The SMILES string of the molecule is CCOc1ccc(-c2cc3c(=O)n(Cc4nc(-c5ccc(F)c(Cl)c5)no4)ccn3n2)cc1. The highest BCUT2D eigenvalue weighted by Crippen LogP contribution is 2.24. The van der Waals surface area contributed by atoms with Gasteiger partial charge in [-0.1, -0.05) is 16.8 Å². The second-order valence-electron chi connectivity index (χ2n) is 7.19. The summed E-state index contributed by atoms with van der Waals surface area (Å²) in [7, 11) is 0. The Morgan fingerprint density at radius 3 is 2.64 bits per heavy atom. The number of ether oxygens (including phenoxy) is 1. The highest BCUT2D eigenvalue weighted by atomic mass is 35.5. The Morgan fingerprint density at radius 2 is 1.88 bits per heavy atom. The molecule has 0 bridgehead atoms. The van der Waals surface area contributed by atoms with Crippen LogP contribution in [-0.4, -0.2) is 30.9 Å². The summed E-state index contributed by atoms with van der Waals surface area (Å²) in [6, 6.07) is 13.4. The standard InChI is InChI=1S/C23H17ClFN5O3/c1-2-32-16-6-3-14(4-7-16)19-12-20-23(31)29(9-10-30(20)27-19)13-21-26-22(28-33-21)15-5-8-18(25)17(24)11-15/h3-12H,2,13H2,1H3. The monoisotopic (exact) mass is 465 g/mol. The predicted octanol–water partition coefficient (Wildman–Crippen LogP) is 4.45. The van der Waals surface area contributed by atoms with Gasteiger partial charge in [0.05, 0.1) is 17.3 Å². The van der Waals surface area contributed by atoms with Crippen molar-refractivity contribution in [2.24, 2.45) is 0 Å². The molecule has 3 heterocycles. The zero-order valence-corrected chi connectivity index (χ0v) is 18.2. The summed E-state index contributed by atoms with van der Waals surface area (Å²) in [5, 5.41) is 8.36. The fraction of sp³-hybridized carbons (Fsp3) is 0.130. The van der Waals surface area contributed by atoms with Gasteiger partial charge in [0.15, 0.2) is 0 Å². The largest absolute Gasteiger partial charge is 0.494 e. The minimum atomic E-state index is -0.533. The normalized spacial score (nSPS) is 11.2. The van der Waals surface area contributed by atoms with Crippen LogP contribution < -0.4 is 10.3 Å². The summed E-state index contributed by atoms with van der Waals surface area (Å²) in [6.07, 6.45) is 3.29. The molecule has 3 aromatic heterocycles. The van der Waals surface area contributed by atoms with Crippen molar-refractivity contribution in [1.29, 1.82) is 0 Å². The van der Waals surface area contributed by atoms with E-state index in [1.54, 1.807) is 18.5 Å². The Balaban J connectivity index is 1.41. The second-order valence-corrected chi connectivity index (χ2v) is 7.60. The molecule has 0 amide bonds. The molecule has 2 aromatic carbocycles. The van der Waals surface area contributed by atoms with Crippen molar-refractivity contribution in [2.45, 2.75) is 13.5 Å². The quantitative estimate of drug-likeness (QED) is 0.368. The smallest absolute Gasteiger partial charge is 0.277 e. The number of rotatable bonds is 6.